The van der Waals surface area contributed by atoms with E-state index >= 15 is 0 Å². The Labute approximate surface area is 225 Å². The Morgan fingerprint density at radius 2 is 1.41 bits per heavy atom. The summed E-state index contributed by atoms with van der Waals surface area (Å²) in [6.45, 7) is 0. The number of nitro groups is 1. The van der Waals surface area contributed by atoms with Crippen LogP contribution in [-0.4, -0.2) is 95.1 Å². The van der Waals surface area contributed by atoms with E-state index in [-0.39, 0.29) is 75.9 Å². The minimum atomic E-state index is -4.89. The zero-order chi connectivity index (χ0) is 22.3. The molecule has 0 saturated carbocycles. The van der Waals surface area contributed by atoms with Gasteiger partial charge in [0.25, 0.3) is 25.9 Å². The van der Waals surface area contributed by atoms with Crippen LogP contribution in [0.1, 0.15) is 0 Å². The SMILES string of the molecule is O=[N+]([O-])c1ccc(N=Nc2cc(S(=O)(=O)O)c3cccc(S(=O)(=O)O)c3c2O)cc1.[Na].[Na]. The first-order valence-electron chi connectivity index (χ1n) is 7.79. The third kappa shape index (κ3) is 6.11. The maximum absolute atomic E-state index is 11.8. The molecule has 0 atom stereocenters. The zero-order valence-corrected chi connectivity index (χ0v) is 22.2. The van der Waals surface area contributed by atoms with Gasteiger partial charge in [0.2, 0.25) is 0 Å². The van der Waals surface area contributed by atoms with Crippen LogP contribution < -0.4 is 0 Å². The Kier molecular flexibility index (Phi) is 9.51. The predicted octanol–water partition coefficient (Wildman–Crippen LogP) is 2.60. The number of hydrogen-bond donors (Lipinski definition) is 3. The van der Waals surface area contributed by atoms with Gasteiger partial charge in [0.05, 0.1) is 10.6 Å². The van der Waals surface area contributed by atoms with Crippen molar-refractivity contribution in [1.82, 2.24) is 0 Å². The number of azo groups is 1. The number of benzene rings is 3. The Balaban J connectivity index is 0.00000256. The monoisotopic (exact) mass is 499 g/mol. The van der Waals surface area contributed by atoms with Crippen LogP contribution in [0.15, 0.2) is 68.6 Å². The molecule has 3 aromatic rings. The standard InChI is InChI=1S/C16H11N3O9S2.2Na/c20-16-12(18-17-9-4-6-10(7-5-9)19(21)22)8-14(30(26,27)28)11-2-1-3-13(15(11)16)29(23,24)25;;/h1-8,20H,(H,23,24,25)(H,26,27,28);;. The van der Waals surface area contributed by atoms with Crippen LogP contribution in [0, 0.1) is 10.1 Å². The number of nitrogens with zero attached hydrogens (tertiary/aromatic N) is 3. The molecule has 16 heteroatoms. The van der Waals surface area contributed by atoms with Gasteiger partial charge in [-0.05, 0) is 24.3 Å². The molecule has 0 fully saturated rings. The van der Waals surface area contributed by atoms with Crippen LogP contribution in [0.25, 0.3) is 10.8 Å². The molecule has 0 aliphatic rings. The summed E-state index contributed by atoms with van der Waals surface area (Å²) >= 11 is 0. The zero-order valence-electron chi connectivity index (χ0n) is 16.6. The number of fused-ring (bicyclic) bond motifs is 1. The number of phenolic OH excluding ortho intramolecular Hbond substituents is 1. The van der Waals surface area contributed by atoms with Gasteiger partial charge in [-0.25, -0.2) is 0 Å². The third-order valence-electron chi connectivity index (χ3n) is 3.93. The molecule has 32 heavy (non-hydrogen) atoms. The normalized spacial score (nSPS) is 11.7. The molecule has 3 rings (SSSR count). The molecule has 0 heterocycles. The molecule has 12 nitrogen and oxygen atoms in total. The first-order chi connectivity index (χ1) is 13.9. The molecule has 0 amide bonds. The van der Waals surface area contributed by atoms with Crippen molar-refractivity contribution in [3.8, 4) is 5.75 Å². The number of hydrogen-bond acceptors (Lipinski definition) is 9. The Hall–Kier alpha value is -1.46. The van der Waals surface area contributed by atoms with Gasteiger partial charge in [-0.15, -0.1) is 5.11 Å². The van der Waals surface area contributed by atoms with E-state index in [9.17, 15) is 41.2 Å². The number of aromatic hydroxyl groups is 1. The van der Waals surface area contributed by atoms with Gasteiger partial charge in [0.15, 0.2) is 5.75 Å². The van der Waals surface area contributed by atoms with Gasteiger partial charge < -0.3 is 5.11 Å². The summed E-state index contributed by atoms with van der Waals surface area (Å²) in [5.74, 6) is -0.823. The van der Waals surface area contributed by atoms with Crippen LogP contribution in [-0.2, 0) is 20.2 Å². The Morgan fingerprint density at radius 1 is 0.844 bits per heavy atom. The Morgan fingerprint density at radius 3 is 1.91 bits per heavy atom. The largest absolute Gasteiger partial charge is 0.505 e. The molecule has 0 aliphatic heterocycles. The van der Waals surface area contributed by atoms with Crippen LogP contribution in [0.4, 0.5) is 17.1 Å². The fourth-order valence-corrected chi connectivity index (χ4v) is 4.06. The second-order valence-electron chi connectivity index (χ2n) is 5.84. The molecule has 3 N–H and O–H groups in total. The topological polar surface area (TPSA) is 197 Å². The van der Waals surface area contributed by atoms with Crippen LogP contribution >= 0.6 is 0 Å². The fraction of sp³-hybridized carbons (Fsp3) is 0. The molecule has 0 saturated heterocycles. The van der Waals surface area contributed by atoms with Crippen molar-refractivity contribution in [1.29, 1.82) is 0 Å². The van der Waals surface area contributed by atoms with Crippen molar-refractivity contribution in [2.24, 2.45) is 10.2 Å². The second-order valence-corrected chi connectivity index (χ2v) is 8.62. The van der Waals surface area contributed by atoms with Crippen molar-refractivity contribution in [3.63, 3.8) is 0 Å². The summed E-state index contributed by atoms with van der Waals surface area (Å²) in [6.07, 6.45) is 0. The number of phenols is 1. The van der Waals surface area contributed by atoms with Crippen molar-refractivity contribution >= 4 is 107 Å². The van der Waals surface area contributed by atoms with Gasteiger partial charge in [-0.2, -0.15) is 21.9 Å². The molecule has 0 aliphatic carbocycles. The van der Waals surface area contributed by atoms with Crippen LogP contribution in [0.2, 0.25) is 0 Å². The van der Waals surface area contributed by atoms with Crippen LogP contribution in [0.3, 0.4) is 0 Å². The van der Waals surface area contributed by atoms with Crippen molar-refractivity contribution in [2.45, 2.75) is 9.79 Å². The molecule has 3 aromatic carbocycles. The minimum Gasteiger partial charge on any atom is -0.505 e. The number of nitro benzene ring substituents is 1. The second kappa shape index (κ2) is 10.6. The fourth-order valence-electron chi connectivity index (χ4n) is 2.64. The summed E-state index contributed by atoms with van der Waals surface area (Å²) in [4.78, 5) is 8.45. The van der Waals surface area contributed by atoms with E-state index in [1.165, 1.54) is 12.1 Å². The van der Waals surface area contributed by atoms with Crippen molar-refractivity contribution < 1.29 is 36.0 Å². The summed E-state index contributed by atoms with van der Waals surface area (Å²) in [7, 11) is -9.78. The van der Waals surface area contributed by atoms with Crippen LogP contribution in [0.5, 0.6) is 5.75 Å². The van der Waals surface area contributed by atoms with E-state index < -0.39 is 51.8 Å². The van der Waals surface area contributed by atoms with Crippen molar-refractivity contribution in [2.75, 3.05) is 0 Å². The number of rotatable bonds is 5. The average molecular weight is 499 g/mol. The quantitative estimate of drug-likeness (QED) is 0.155. The summed E-state index contributed by atoms with van der Waals surface area (Å²) in [5, 5.41) is 27.6. The summed E-state index contributed by atoms with van der Waals surface area (Å²) in [6, 6.07) is 8.63. The summed E-state index contributed by atoms with van der Waals surface area (Å²) < 4.78 is 65.8. The van der Waals surface area contributed by atoms with E-state index in [4.69, 9.17) is 0 Å². The van der Waals surface area contributed by atoms with Gasteiger partial charge in [-0.3, -0.25) is 19.2 Å². The molecular formula is C16H11N3Na2O9S2. The predicted molar refractivity (Wildman–Crippen MR) is 114 cm³/mol. The average Bonchev–Trinajstić information content (AvgIpc) is 2.65. The maximum atomic E-state index is 11.8. The van der Waals surface area contributed by atoms with E-state index in [1.54, 1.807) is 0 Å². The van der Waals surface area contributed by atoms with E-state index in [2.05, 4.69) is 10.2 Å². The molecule has 0 unspecified atom stereocenters. The third-order valence-corrected chi connectivity index (χ3v) is 5.72. The van der Waals surface area contributed by atoms with E-state index in [0.29, 0.717) is 0 Å². The number of non-ortho nitro benzene ring substituents is 1. The molecular weight excluding hydrogens is 488 g/mol. The molecule has 158 valence electrons. The van der Waals surface area contributed by atoms with E-state index in [1.807, 2.05) is 0 Å². The molecule has 0 bridgehead atoms. The maximum Gasteiger partial charge on any atom is 0.295 e. The van der Waals surface area contributed by atoms with Gasteiger partial charge in [-0.1, -0.05) is 12.1 Å². The Bertz CT molecular complexity index is 1430. The van der Waals surface area contributed by atoms with Gasteiger partial charge >= 0.3 is 0 Å². The first-order valence-corrected chi connectivity index (χ1v) is 10.7. The minimum absolute atomic E-state index is 0. The molecule has 0 aromatic heterocycles. The first kappa shape index (κ1) is 28.6. The summed E-state index contributed by atoms with van der Waals surface area (Å²) in [5.41, 5.74) is -0.657. The smallest absolute Gasteiger partial charge is 0.295 e. The van der Waals surface area contributed by atoms with Crippen molar-refractivity contribution in [3.05, 3.63) is 58.6 Å². The van der Waals surface area contributed by atoms with Gasteiger partial charge in [0, 0.05) is 82.0 Å². The molecule has 2 radical (unpaired) electrons. The van der Waals surface area contributed by atoms with E-state index in [0.717, 1.165) is 36.4 Å². The molecule has 0 spiro atoms. The van der Waals surface area contributed by atoms with Gasteiger partial charge in [0.1, 0.15) is 15.5 Å².